The summed E-state index contributed by atoms with van der Waals surface area (Å²) in [6.45, 7) is 0. The third-order valence-corrected chi connectivity index (χ3v) is 4.37. The van der Waals surface area contributed by atoms with Gasteiger partial charge >= 0.3 is 0 Å². The molecule has 0 aromatic carbocycles. The molecule has 1 fully saturated rings. The lowest BCUT2D eigenvalue weighted by Crippen LogP contribution is -2.39. The van der Waals surface area contributed by atoms with E-state index in [1.807, 2.05) is 0 Å². The molecule has 1 aliphatic heterocycles. The van der Waals surface area contributed by atoms with Crippen LogP contribution in [-0.4, -0.2) is 32.6 Å². The minimum Gasteiger partial charge on any atom is -0.384 e. The van der Waals surface area contributed by atoms with Gasteiger partial charge in [-0.3, -0.25) is 9.00 Å². The van der Waals surface area contributed by atoms with Crippen LogP contribution in [0.25, 0.3) is 0 Å². The van der Waals surface area contributed by atoms with Crippen LogP contribution in [0.4, 0.5) is 5.82 Å². The van der Waals surface area contributed by atoms with Crippen LogP contribution in [0.15, 0.2) is 12.1 Å². The van der Waals surface area contributed by atoms with Gasteiger partial charge < -0.3 is 11.1 Å². The topological polar surface area (TPSA) is 85.1 Å². The predicted octanol–water partition coefficient (Wildman–Crippen LogP) is 0.958. The zero-order valence-corrected chi connectivity index (χ0v) is 11.3. The van der Waals surface area contributed by atoms with Gasteiger partial charge in [-0.05, 0) is 25.0 Å². The van der Waals surface area contributed by atoms with Crippen LogP contribution in [0.5, 0.6) is 0 Å². The number of nitrogens with two attached hydrogens (primary N) is 1. The van der Waals surface area contributed by atoms with Gasteiger partial charge in [-0.2, -0.15) is 0 Å². The van der Waals surface area contributed by atoms with Crippen molar-refractivity contribution in [3.05, 3.63) is 22.8 Å². The summed E-state index contributed by atoms with van der Waals surface area (Å²) in [5.74, 6) is 1.29. The van der Waals surface area contributed by atoms with Gasteiger partial charge in [-0.15, -0.1) is 0 Å². The molecule has 7 heteroatoms. The number of pyridine rings is 1. The first-order valence-electron chi connectivity index (χ1n) is 5.63. The smallest absolute Gasteiger partial charge is 0.251 e. The third-order valence-electron chi connectivity index (χ3n) is 2.80. The lowest BCUT2D eigenvalue weighted by molar-refractivity contribution is 0.0934. The average molecular weight is 288 g/mol. The van der Waals surface area contributed by atoms with Crippen LogP contribution in [0.2, 0.25) is 5.15 Å². The van der Waals surface area contributed by atoms with Crippen molar-refractivity contribution in [2.24, 2.45) is 0 Å². The van der Waals surface area contributed by atoms with Crippen molar-refractivity contribution in [3.8, 4) is 0 Å². The van der Waals surface area contributed by atoms with Crippen molar-refractivity contribution in [2.75, 3.05) is 17.2 Å². The molecule has 0 aliphatic carbocycles. The van der Waals surface area contributed by atoms with Gasteiger partial charge in [0.1, 0.15) is 11.0 Å². The largest absolute Gasteiger partial charge is 0.384 e. The maximum atomic E-state index is 12.0. The lowest BCUT2D eigenvalue weighted by Gasteiger charge is -2.22. The number of carbonyl (C=O) groups is 1. The summed E-state index contributed by atoms with van der Waals surface area (Å²) in [5, 5.41) is 3.09. The highest BCUT2D eigenvalue weighted by Gasteiger charge is 2.20. The Balaban J connectivity index is 2.01. The Hall–Kier alpha value is -1.14. The minimum absolute atomic E-state index is 0.0726. The number of carbonyl (C=O) groups excluding carboxylic acids is 1. The first-order valence-corrected chi connectivity index (χ1v) is 7.50. The number of aromatic nitrogens is 1. The standard InChI is InChI=1S/C11H14ClN3O2S/c12-9-5-7(6-10(13)15-9)11(16)14-8-1-3-18(17)4-2-8/h5-6,8H,1-4H2,(H2,13,15)(H,14,16). The van der Waals surface area contributed by atoms with Crippen LogP contribution < -0.4 is 11.1 Å². The Morgan fingerprint density at radius 2 is 2.11 bits per heavy atom. The van der Waals surface area contributed by atoms with E-state index in [0.29, 0.717) is 17.1 Å². The van der Waals surface area contributed by atoms with Crippen LogP contribution in [0.3, 0.4) is 0 Å². The maximum Gasteiger partial charge on any atom is 0.251 e. The fourth-order valence-electron chi connectivity index (χ4n) is 1.86. The summed E-state index contributed by atoms with van der Waals surface area (Å²) in [5.41, 5.74) is 5.93. The summed E-state index contributed by atoms with van der Waals surface area (Å²) >= 11 is 5.74. The second-order valence-electron chi connectivity index (χ2n) is 4.20. The van der Waals surface area contributed by atoms with E-state index in [9.17, 15) is 9.00 Å². The van der Waals surface area contributed by atoms with Gasteiger partial charge in [0.05, 0.1) is 0 Å². The number of nitrogen functional groups attached to an aromatic ring is 1. The molecule has 0 spiro atoms. The second kappa shape index (κ2) is 5.67. The van der Waals surface area contributed by atoms with Crippen molar-refractivity contribution in [3.63, 3.8) is 0 Å². The fraction of sp³-hybridized carbons (Fsp3) is 0.455. The van der Waals surface area contributed by atoms with Gasteiger partial charge in [0.15, 0.2) is 0 Å². The summed E-state index contributed by atoms with van der Waals surface area (Å²) in [4.78, 5) is 15.8. The highest BCUT2D eigenvalue weighted by molar-refractivity contribution is 7.85. The van der Waals surface area contributed by atoms with E-state index in [-0.39, 0.29) is 22.9 Å². The molecule has 5 nitrogen and oxygen atoms in total. The van der Waals surface area contributed by atoms with Crippen molar-refractivity contribution in [2.45, 2.75) is 18.9 Å². The number of amides is 1. The van der Waals surface area contributed by atoms with E-state index < -0.39 is 10.8 Å². The van der Waals surface area contributed by atoms with Crippen LogP contribution in [0, 0.1) is 0 Å². The van der Waals surface area contributed by atoms with E-state index in [2.05, 4.69) is 10.3 Å². The molecule has 1 aliphatic rings. The summed E-state index contributed by atoms with van der Waals surface area (Å²) < 4.78 is 11.2. The van der Waals surface area contributed by atoms with Crippen LogP contribution in [-0.2, 0) is 10.8 Å². The van der Waals surface area contributed by atoms with E-state index in [1.54, 1.807) is 0 Å². The molecule has 0 bridgehead atoms. The highest BCUT2D eigenvalue weighted by atomic mass is 35.5. The number of halogens is 1. The van der Waals surface area contributed by atoms with E-state index in [4.69, 9.17) is 17.3 Å². The Bertz CT molecular complexity index is 465. The molecule has 1 aromatic rings. The van der Waals surface area contributed by atoms with Gasteiger partial charge in [0.2, 0.25) is 0 Å². The van der Waals surface area contributed by atoms with Gasteiger partial charge in [-0.1, -0.05) is 11.6 Å². The predicted molar refractivity (Wildman–Crippen MR) is 72.0 cm³/mol. The van der Waals surface area contributed by atoms with Gasteiger partial charge in [-0.25, -0.2) is 4.98 Å². The number of hydrogen-bond donors (Lipinski definition) is 2. The van der Waals surface area contributed by atoms with Crippen molar-refractivity contribution < 1.29 is 9.00 Å². The van der Waals surface area contributed by atoms with E-state index in [0.717, 1.165) is 12.8 Å². The normalized spacial score (nSPS) is 23.6. The van der Waals surface area contributed by atoms with Crippen molar-refractivity contribution in [1.82, 2.24) is 10.3 Å². The molecule has 2 heterocycles. The van der Waals surface area contributed by atoms with Gasteiger partial charge in [0.25, 0.3) is 5.91 Å². The lowest BCUT2D eigenvalue weighted by atomic mass is 10.1. The first-order chi connectivity index (χ1) is 8.54. The van der Waals surface area contributed by atoms with Crippen molar-refractivity contribution in [1.29, 1.82) is 0 Å². The Morgan fingerprint density at radius 1 is 1.44 bits per heavy atom. The first kappa shape index (κ1) is 13.3. The zero-order chi connectivity index (χ0) is 13.1. The molecular formula is C11H14ClN3O2S. The summed E-state index contributed by atoms with van der Waals surface area (Å²) in [6.07, 6.45) is 1.49. The van der Waals surface area contributed by atoms with Gasteiger partial charge in [0, 0.05) is 33.9 Å². The molecule has 1 aromatic heterocycles. The number of nitrogens with zero attached hydrogens (tertiary/aromatic N) is 1. The number of hydrogen-bond acceptors (Lipinski definition) is 4. The quantitative estimate of drug-likeness (QED) is 0.794. The summed E-state index contributed by atoms with van der Waals surface area (Å²) in [6, 6.07) is 3.04. The average Bonchev–Trinajstić information content (AvgIpc) is 2.31. The molecule has 0 atom stereocenters. The zero-order valence-electron chi connectivity index (χ0n) is 9.69. The fourth-order valence-corrected chi connectivity index (χ4v) is 3.37. The summed E-state index contributed by atoms with van der Waals surface area (Å²) in [7, 11) is -0.730. The van der Waals surface area contributed by atoms with Crippen LogP contribution in [0.1, 0.15) is 23.2 Å². The number of rotatable bonds is 2. The molecule has 0 unspecified atom stereocenters. The maximum absolute atomic E-state index is 12.0. The number of nitrogens with one attached hydrogen (secondary N) is 1. The van der Waals surface area contributed by atoms with Crippen molar-refractivity contribution >= 4 is 34.1 Å². The Kier molecular flexibility index (Phi) is 4.19. The highest BCUT2D eigenvalue weighted by Crippen LogP contribution is 2.14. The molecule has 18 heavy (non-hydrogen) atoms. The molecule has 98 valence electrons. The molecule has 0 radical (unpaired) electrons. The monoisotopic (exact) mass is 287 g/mol. The third kappa shape index (κ3) is 3.43. The Labute approximate surface area is 113 Å². The van der Waals surface area contributed by atoms with Crippen LogP contribution >= 0.6 is 11.6 Å². The molecule has 1 amide bonds. The van der Waals surface area contributed by atoms with E-state index >= 15 is 0 Å². The molecular weight excluding hydrogens is 274 g/mol. The van der Waals surface area contributed by atoms with E-state index in [1.165, 1.54) is 12.1 Å². The SMILES string of the molecule is Nc1cc(C(=O)NC2CCS(=O)CC2)cc(Cl)n1. The number of anilines is 1. The molecule has 2 rings (SSSR count). The molecule has 0 saturated carbocycles. The Morgan fingerprint density at radius 3 is 2.72 bits per heavy atom. The molecule has 3 N–H and O–H groups in total. The second-order valence-corrected chi connectivity index (χ2v) is 6.28. The minimum atomic E-state index is -0.730. The molecule has 1 saturated heterocycles.